The monoisotopic (exact) mass is 470 g/mol. The third kappa shape index (κ3) is 4.93. The summed E-state index contributed by atoms with van der Waals surface area (Å²) in [4.78, 5) is 26.1. The van der Waals surface area contributed by atoms with Crippen LogP contribution in [-0.2, 0) is 16.9 Å². The molecule has 1 unspecified atom stereocenters. The highest BCUT2D eigenvalue weighted by Crippen LogP contribution is 2.43. The smallest absolute Gasteiger partial charge is 0.312 e. The summed E-state index contributed by atoms with van der Waals surface area (Å²) in [7, 11) is 0. The summed E-state index contributed by atoms with van der Waals surface area (Å²) in [6.45, 7) is -3.06. The number of rotatable bonds is 6. The molecular weight excluding hydrogens is 454 g/mol. The highest BCUT2D eigenvalue weighted by Gasteiger charge is 2.68. The molecule has 0 bridgehead atoms. The highest BCUT2D eigenvalue weighted by molar-refractivity contribution is 6.08. The number of nitriles is 1. The van der Waals surface area contributed by atoms with Crippen molar-refractivity contribution in [3.8, 4) is 6.07 Å². The molecule has 2 aromatic carbocycles. The number of hydrogen-bond donors (Lipinski definition) is 1. The molecule has 1 atom stereocenters. The molecule has 1 aliphatic heterocycles. The van der Waals surface area contributed by atoms with Crippen LogP contribution in [0.15, 0.2) is 54.6 Å². The molecule has 6 nitrogen and oxygen atoms in total. The van der Waals surface area contributed by atoms with Crippen LogP contribution >= 0.6 is 0 Å². The molecule has 3 rings (SSSR count). The average Bonchev–Trinajstić information content (AvgIpc) is 2.99. The standard InChI is InChI=1S/C21H16F6N4O2/c22-19(23,24)12-30(11-15-8-6-14(10-28)7-9-15)13-31-17(32)20(21(25,26)27,29-18(31)33)16-4-2-1-3-5-16/h1-9H,11-13H2,(H,29,33). The summed E-state index contributed by atoms with van der Waals surface area (Å²) in [5.74, 6) is -1.72. The lowest BCUT2D eigenvalue weighted by molar-refractivity contribution is -0.199. The fourth-order valence-corrected chi connectivity index (χ4v) is 3.50. The van der Waals surface area contributed by atoms with Crippen molar-refractivity contribution in [1.29, 1.82) is 5.26 Å². The molecule has 0 radical (unpaired) electrons. The minimum Gasteiger partial charge on any atom is -0.312 e. The maximum absolute atomic E-state index is 14.0. The number of amides is 3. The van der Waals surface area contributed by atoms with E-state index >= 15 is 0 Å². The van der Waals surface area contributed by atoms with Crippen molar-refractivity contribution < 1.29 is 35.9 Å². The number of carbonyl (C=O) groups excluding carboxylic acids is 2. The molecule has 1 saturated heterocycles. The van der Waals surface area contributed by atoms with Gasteiger partial charge in [0.1, 0.15) is 0 Å². The van der Waals surface area contributed by atoms with Gasteiger partial charge in [0.25, 0.3) is 5.91 Å². The van der Waals surface area contributed by atoms with E-state index in [-0.39, 0.29) is 10.5 Å². The topological polar surface area (TPSA) is 76.4 Å². The quantitative estimate of drug-likeness (QED) is 0.514. The summed E-state index contributed by atoms with van der Waals surface area (Å²) in [5.41, 5.74) is -3.42. The van der Waals surface area contributed by atoms with Gasteiger partial charge < -0.3 is 5.32 Å². The zero-order valence-corrected chi connectivity index (χ0v) is 16.7. The summed E-state index contributed by atoms with van der Waals surface area (Å²) in [6, 6.07) is 11.7. The van der Waals surface area contributed by atoms with Crippen LogP contribution in [0.25, 0.3) is 0 Å². The zero-order chi connectivity index (χ0) is 24.4. The largest absolute Gasteiger partial charge is 0.425 e. The van der Waals surface area contributed by atoms with E-state index in [1.54, 1.807) is 5.32 Å². The molecule has 0 spiro atoms. The summed E-state index contributed by atoms with van der Waals surface area (Å²) in [5, 5.41) is 10.5. The van der Waals surface area contributed by atoms with Crippen LogP contribution in [0.3, 0.4) is 0 Å². The molecule has 1 fully saturated rings. The van der Waals surface area contributed by atoms with Crippen molar-refractivity contribution in [1.82, 2.24) is 15.1 Å². The number of benzene rings is 2. The number of halogens is 6. The molecule has 0 aromatic heterocycles. The van der Waals surface area contributed by atoms with Crippen molar-refractivity contribution in [2.45, 2.75) is 24.4 Å². The van der Waals surface area contributed by atoms with Crippen LogP contribution < -0.4 is 5.32 Å². The van der Waals surface area contributed by atoms with E-state index < -0.39 is 55.2 Å². The van der Waals surface area contributed by atoms with Gasteiger partial charge in [-0.05, 0) is 23.3 Å². The van der Waals surface area contributed by atoms with Crippen LogP contribution in [0.4, 0.5) is 31.1 Å². The number of carbonyl (C=O) groups is 2. The van der Waals surface area contributed by atoms with Gasteiger partial charge in [-0.15, -0.1) is 0 Å². The van der Waals surface area contributed by atoms with E-state index in [9.17, 15) is 35.9 Å². The lowest BCUT2D eigenvalue weighted by Gasteiger charge is -2.31. The molecule has 1 aliphatic rings. The van der Waals surface area contributed by atoms with E-state index in [4.69, 9.17) is 5.26 Å². The Balaban J connectivity index is 1.92. The number of urea groups is 1. The summed E-state index contributed by atoms with van der Waals surface area (Å²) in [6.07, 6.45) is -10.0. The van der Waals surface area contributed by atoms with Crippen LogP contribution in [0.5, 0.6) is 0 Å². The fourth-order valence-electron chi connectivity index (χ4n) is 3.50. The number of hydrogen-bond acceptors (Lipinski definition) is 4. The number of nitrogens with one attached hydrogen (secondary N) is 1. The first-order chi connectivity index (χ1) is 15.4. The fraction of sp³-hybridized carbons (Fsp3) is 0.286. The van der Waals surface area contributed by atoms with Gasteiger partial charge >= 0.3 is 18.4 Å². The van der Waals surface area contributed by atoms with Crippen LogP contribution in [-0.4, -0.2) is 47.3 Å². The molecule has 2 aromatic rings. The third-order valence-electron chi connectivity index (χ3n) is 4.97. The van der Waals surface area contributed by atoms with Crippen molar-refractivity contribution in [3.63, 3.8) is 0 Å². The Morgan fingerprint density at radius 1 is 0.970 bits per heavy atom. The van der Waals surface area contributed by atoms with E-state index in [2.05, 4.69) is 0 Å². The van der Waals surface area contributed by atoms with E-state index in [0.717, 1.165) is 12.1 Å². The Morgan fingerprint density at radius 2 is 1.58 bits per heavy atom. The van der Waals surface area contributed by atoms with Crippen molar-refractivity contribution in [2.24, 2.45) is 0 Å². The molecule has 1 heterocycles. The predicted octanol–water partition coefficient (Wildman–Crippen LogP) is 3.89. The Labute approximate surface area is 184 Å². The lowest BCUT2D eigenvalue weighted by Crippen LogP contribution is -2.56. The second kappa shape index (κ2) is 8.74. The second-order valence-electron chi connectivity index (χ2n) is 7.33. The third-order valence-corrected chi connectivity index (χ3v) is 4.97. The average molecular weight is 470 g/mol. The molecule has 0 aliphatic carbocycles. The van der Waals surface area contributed by atoms with E-state index in [1.807, 2.05) is 6.07 Å². The van der Waals surface area contributed by atoms with Gasteiger partial charge in [-0.25, -0.2) is 9.69 Å². The Morgan fingerprint density at radius 3 is 2.09 bits per heavy atom. The first kappa shape index (κ1) is 24.1. The Bertz CT molecular complexity index is 1060. The molecule has 12 heteroatoms. The summed E-state index contributed by atoms with van der Waals surface area (Å²) < 4.78 is 81.5. The SMILES string of the molecule is N#Cc1ccc(CN(CN2C(=O)NC(c3ccccc3)(C(F)(F)F)C2=O)CC(F)(F)F)cc1. The molecule has 33 heavy (non-hydrogen) atoms. The summed E-state index contributed by atoms with van der Waals surface area (Å²) >= 11 is 0. The van der Waals surface area contributed by atoms with Gasteiger partial charge in [-0.1, -0.05) is 42.5 Å². The van der Waals surface area contributed by atoms with E-state index in [1.165, 1.54) is 42.5 Å². The number of alkyl halides is 6. The first-order valence-electron chi connectivity index (χ1n) is 9.42. The maximum Gasteiger partial charge on any atom is 0.425 e. The minimum absolute atomic E-state index is 0.121. The maximum atomic E-state index is 14.0. The first-order valence-corrected chi connectivity index (χ1v) is 9.42. The van der Waals surface area contributed by atoms with Gasteiger partial charge in [0.2, 0.25) is 5.54 Å². The number of nitrogens with zero attached hydrogens (tertiary/aromatic N) is 3. The number of imide groups is 1. The van der Waals surface area contributed by atoms with Crippen molar-refractivity contribution in [3.05, 3.63) is 71.3 Å². The Hall–Kier alpha value is -3.59. The van der Waals surface area contributed by atoms with E-state index in [0.29, 0.717) is 10.5 Å². The minimum atomic E-state index is -5.25. The second-order valence-corrected chi connectivity index (χ2v) is 7.33. The molecule has 1 N–H and O–H groups in total. The molecule has 3 amide bonds. The van der Waals surface area contributed by atoms with Gasteiger partial charge in [0.15, 0.2) is 0 Å². The van der Waals surface area contributed by atoms with Crippen molar-refractivity contribution in [2.75, 3.05) is 13.2 Å². The molecule has 0 saturated carbocycles. The van der Waals surface area contributed by atoms with Gasteiger partial charge in [0.05, 0.1) is 24.8 Å². The predicted molar refractivity (Wildman–Crippen MR) is 102 cm³/mol. The normalized spacial score (nSPS) is 19.0. The zero-order valence-electron chi connectivity index (χ0n) is 16.7. The van der Waals surface area contributed by atoms with Crippen LogP contribution in [0.1, 0.15) is 16.7 Å². The van der Waals surface area contributed by atoms with Gasteiger partial charge in [0, 0.05) is 6.54 Å². The Kier molecular flexibility index (Phi) is 6.37. The van der Waals surface area contributed by atoms with Crippen LogP contribution in [0.2, 0.25) is 0 Å². The lowest BCUT2D eigenvalue weighted by atomic mass is 9.89. The van der Waals surface area contributed by atoms with Gasteiger partial charge in [-0.3, -0.25) is 9.69 Å². The van der Waals surface area contributed by atoms with Crippen molar-refractivity contribution >= 4 is 11.9 Å². The highest BCUT2D eigenvalue weighted by atomic mass is 19.4. The molecular formula is C21H16F6N4O2. The molecule has 174 valence electrons. The van der Waals surface area contributed by atoms with Crippen LogP contribution in [0, 0.1) is 11.3 Å². The van der Waals surface area contributed by atoms with Gasteiger partial charge in [-0.2, -0.15) is 31.6 Å².